The van der Waals surface area contributed by atoms with E-state index in [1.54, 1.807) is 30.4 Å². The second-order valence-corrected chi connectivity index (χ2v) is 6.04. The molecule has 0 spiro atoms. The highest BCUT2D eigenvalue weighted by molar-refractivity contribution is 6.08. The van der Waals surface area contributed by atoms with E-state index in [1.807, 2.05) is 60.7 Å². The number of hydrogen-bond acceptors (Lipinski definition) is 2. The topological polar surface area (TPSA) is 34.1 Å². The normalized spacial score (nSPS) is 10.3. The molecule has 0 aliphatic rings. The van der Waals surface area contributed by atoms with Gasteiger partial charge in [0.05, 0.1) is 0 Å². The van der Waals surface area contributed by atoms with Crippen LogP contribution in [0.5, 0.6) is 0 Å². The Kier molecular flexibility index (Phi) is 5.77. The number of carbonyl (C=O) groups is 2. The molecule has 0 heterocycles. The number of hydrogen-bond donors (Lipinski definition) is 0. The van der Waals surface area contributed by atoms with Crippen LogP contribution in [0.2, 0.25) is 0 Å². The molecule has 3 aromatic carbocycles. The van der Waals surface area contributed by atoms with Crippen LogP contribution >= 0.6 is 0 Å². The lowest BCUT2D eigenvalue weighted by Gasteiger charge is -2.00. The fraction of sp³-hybridized carbons (Fsp3) is 0.0400. The molecule has 0 saturated heterocycles. The number of rotatable bonds is 4. The van der Waals surface area contributed by atoms with Crippen molar-refractivity contribution < 1.29 is 9.59 Å². The van der Waals surface area contributed by atoms with Gasteiger partial charge in [0.1, 0.15) is 0 Å². The van der Waals surface area contributed by atoms with Crippen molar-refractivity contribution in [1.82, 2.24) is 0 Å². The highest BCUT2D eigenvalue weighted by Gasteiger charge is 2.06. The fourth-order valence-electron chi connectivity index (χ4n) is 2.56. The minimum absolute atomic E-state index is 0.0238. The van der Waals surface area contributed by atoms with E-state index in [0.29, 0.717) is 16.7 Å². The van der Waals surface area contributed by atoms with E-state index >= 15 is 0 Å². The first-order chi connectivity index (χ1) is 13.1. The summed E-state index contributed by atoms with van der Waals surface area (Å²) in [5.74, 6) is 6.06. The first-order valence-electron chi connectivity index (χ1n) is 8.63. The van der Waals surface area contributed by atoms with Crippen LogP contribution in [-0.2, 0) is 0 Å². The molecule has 0 aromatic heterocycles. The summed E-state index contributed by atoms with van der Waals surface area (Å²) in [7, 11) is 0. The maximum atomic E-state index is 12.6. The van der Waals surface area contributed by atoms with Gasteiger partial charge < -0.3 is 0 Å². The van der Waals surface area contributed by atoms with Gasteiger partial charge in [-0.15, -0.1) is 0 Å². The minimum atomic E-state index is -0.0873. The third-order valence-corrected chi connectivity index (χ3v) is 4.05. The van der Waals surface area contributed by atoms with Gasteiger partial charge in [-0.2, -0.15) is 0 Å². The van der Waals surface area contributed by atoms with E-state index in [4.69, 9.17) is 0 Å². The van der Waals surface area contributed by atoms with Gasteiger partial charge in [-0.1, -0.05) is 72.5 Å². The number of carbonyl (C=O) groups excluding carboxylic acids is 2. The van der Waals surface area contributed by atoms with E-state index in [1.165, 1.54) is 6.92 Å². The Morgan fingerprint density at radius 2 is 1.44 bits per heavy atom. The van der Waals surface area contributed by atoms with Gasteiger partial charge in [-0.3, -0.25) is 9.59 Å². The quantitative estimate of drug-likeness (QED) is 0.369. The van der Waals surface area contributed by atoms with Crippen LogP contribution in [-0.4, -0.2) is 11.6 Å². The van der Waals surface area contributed by atoms with E-state index in [-0.39, 0.29) is 11.6 Å². The Morgan fingerprint density at radius 1 is 0.778 bits per heavy atom. The van der Waals surface area contributed by atoms with Crippen LogP contribution in [0.25, 0.3) is 6.08 Å². The Morgan fingerprint density at radius 3 is 2.15 bits per heavy atom. The predicted molar refractivity (Wildman–Crippen MR) is 109 cm³/mol. The van der Waals surface area contributed by atoms with Crippen molar-refractivity contribution in [2.75, 3.05) is 0 Å². The van der Waals surface area contributed by atoms with Gasteiger partial charge >= 0.3 is 0 Å². The standard InChI is InChI=1S/C25H18O2/c1-19(26)22-15-11-21(12-16-22)13-17-23-9-5-6-10-24(23)25(27)18-14-20-7-3-2-4-8-20/h2-12,14-16,18H,1H3/b18-14+. The van der Waals surface area contributed by atoms with Crippen LogP contribution in [0.3, 0.4) is 0 Å². The van der Waals surface area contributed by atoms with Crippen LogP contribution in [0.4, 0.5) is 0 Å². The highest BCUT2D eigenvalue weighted by Crippen LogP contribution is 2.11. The summed E-state index contributed by atoms with van der Waals surface area (Å²) in [6.07, 6.45) is 3.37. The molecule has 27 heavy (non-hydrogen) atoms. The Labute approximate surface area is 159 Å². The summed E-state index contributed by atoms with van der Waals surface area (Å²) >= 11 is 0. The smallest absolute Gasteiger partial charge is 0.187 e. The summed E-state index contributed by atoms with van der Waals surface area (Å²) in [4.78, 5) is 23.9. The lowest BCUT2D eigenvalue weighted by Crippen LogP contribution is -1.98. The second kappa shape index (κ2) is 8.60. The molecule has 3 aromatic rings. The molecule has 0 N–H and O–H groups in total. The zero-order valence-corrected chi connectivity index (χ0v) is 15.0. The largest absolute Gasteiger partial charge is 0.295 e. The predicted octanol–water partition coefficient (Wildman–Crippen LogP) is 5.19. The van der Waals surface area contributed by atoms with Crippen LogP contribution < -0.4 is 0 Å². The summed E-state index contributed by atoms with van der Waals surface area (Å²) < 4.78 is 0. The molecule has 2 heteroatoms. The first-order valence-corrected chi connectivity index (χ1v) is 8.63. The highest BCUT2D eigenvalue weighted by atomic mass is 16.1. The lowest BCUT2D eigenvalue weighted by molar-refractivity contribution is 0.101. The average molecular weight is 350 g/mol. The fourth-order valence-corrected chi connectivity index (χ4v) is 2.56. The molecule has 0 saturated carbocycles. The van der Waals surface area contributed by atoms with Crippen molar-refractivity contribution in [3.05, 3.63) is 113 Å². The van der Waals surface area contributed by atoms with Crippen LogP contribution in [0, 0.1) is 11.8 Å². The molecule has 0 fully saturated rings. The summed E-state index contributed by atoms with van der Waals surface area (Å²) in [5.41, 5.74) is 3.66. The maximum Gasteiger partial charge on any atom is 0.187 e. The number of allylic oxidation sites excluding steroid dienone is 1. The molecule has 0 amide bonds. The molecule has 3 rings (SSSR count). The molecule has 0 unspecified atom stereocenters. The van der Waals surface area contributed by atoms with Crippen molar-refractivity contribution in [1.29, 1.82) is 0 Å². The van der Waals surface area contributed by atoms with Gasteiger partial charge in [0.15, 0.2) is 11.6 Å². The summed E-state index contributed by atoms with van der Waals surface area (Å²) in [5, 5.41) is 0. The minimum Gasteiger partial charge on any atom is -0.295 e. The van der Waals surface area contributed by atoms with E-state index in [0.717, 1.165) is 11.1 Å². The van der Waals surface area contributed by atoms with Crippen molar-refractivity contribution in [2.45, 2.75) is 6.92 Å². The van der Waals surface area contributed by atoms with E-state index in [9.17, 15) is 9.59 Å². The Balaban J connectivity index is 1.83. The van der Waals surface area contributed by atoms with Gasteiger partial charge in [0.2, 0.25) is 0 Å². The zero-order valence-electron chi connectivity index (χ0n) is 15.0. The van der Waals surface area contributed by atoms with Crippen LogP contribution in [0.15, 0.2) is 84.9 Å². The van der Waals surface area contributed by atoms with E-state index < -0.39 is 0 Å². The monoisotopic (exact) mass is 350 g/mol. The third kappa shape index (κ3) is 4.90. The van der Waals surface area contributed by atoms with Crippen molar-refractivity contribution in [2.24, 2.45) is 0 Å². The molecule has 0 bridgehead atoms. The molecular formula is C25H18O2. The zero-order chi connectivity index (χ0) is 19.1. The molecule has 130 valence electrons. The molecule has 0 aliphatic carbocycles. The van der Waals surface area contributed by atoms with Gasteiger partial charge in [-0.05, 0) is 42.8 Å². The number of benzene rings is 3. The first kappa shape index (κ1) is 18.1. The van der Waals surface area contributed by atoms with Gasteiger partial charge in [0, 0.05) is 22.3 Å². The van der Waals surface area contributed by atoms with Crippen molar-refractivity contribution >= 4 is 17.6 Å². The van der Waals surface area contributed by atoms with E-state index in [2.05, 4.69) is 11.8 Å². The summed E-state index contributed by atoms with van der Waals surface area (Å²) in [6, 6.07) is 24.1. The van der Waals surface area contributed by atoms with Crippen LogP contribution in [0.1, 0.15) is 44.3 Å². The average Bonchev–Trinajstić information content (AvgIpc) is 2.71. The maximum absolute atomic E-state index is 12.6. The number of ketones is 2. The molecule has 0 aliphatic heterocycles. The number of Topliss-reactive ketones (excluding diaryl/α,β-unsaturated/α-hetero) is 1. The van der Waals surface area contributed by atoms with Gasteiger partial charge in [-0.25, -0.2) is 0 Å². The van der Waals surface area contributed by atoms with Crippen molar-refractivity contribution in [3.63, 3.8) is 0 Å². The third-order valence-electron chi connectivity index (χ3n) is 4.05. The lowest BCUT2D eigenvalue weighted by atomic mass is 10.0. The molecule has 0 radical (unpaired) electrons. The Bertz CT molecular complexity index is 1050. The van der Waals surface area contributed by atoms with Gasteiger partial charge in [0.25, 0.3) is 0 Å². The molecular weight excluding hydrogens is 332 g/mol. The van der Waals surface area contributed by atoms with Crippen molar-refractivity contribution in [3.8, 4) is 11.8 Å². The summed E-state index contributed by atoms with van der Waals surface area (Å²) in [6.45, 7) is 1.53. The Hall–Kier alpha value is -3.70. The SMILES string of the molecule is CC(=O)c1ccc(C#Cc2ccccc2C(=O)/C=C/c2ccccc2)cc1. The second-order valence-electron chi connectivity index (χ2n) is 6.04. The molecule has 0 atom stereocenters. The molecule has 2 nitrogen and oxygen atoms in total.